The van der Waals surface area contributed by atoms with E-state index in [1.165, 1.54) is 19.9 Å². The van der Waals surface area contributed by atoms with E-state index in [2.05, 4.69) is 10.6 Å². The van der Waals surface area contributed by atoms with E-state index in [-0.39, 0.29) is 30.0 Å². The van der Waals surface area contributed by atoms with E-state index in [1.807, 2.05) is 30.5 Å². The molecular formula is C19H20N2O4S. The van der Waals surface area contributed by atoms with Gasteiger partial charge < -0.3 is 15.4 Å². The highest BCUT2D eigenvalue weighted by atomic mass is 32.2. The molecule has 136 valence electrons. The Bertz CT molecular complexity index is 819. The summed E-state index contributed by atoms with van der Waals surface area (Å²) in [5, 5.41) is 5.35. The van der Waals surface area contributed by atoms with Crippen molar-refractivity contribution in [3.63, 3.8) is 0 Å². The summed E-state index contributed by atoms with van der Waals surface area (Å²) in [6.07, 6.45) is 1.98. The van der Waals surface area contributed by atoms with Gasteiger partial charge in [0.2, 0.25) is 5.91 Å². The van der Waals surface area contributed by atoms with Crippen LogP contribution in [0.15, 0.2) is 47.4 Å². The lowest BCUT2D eigenvalue weighted by Gasteiger charge is -2.13. The van der Waals surface area contributed by atoms with Crippen LogP contribution in [0, 0.1) is 0 Å². The van der Waals surface area contributed by atoms with Gasteiger partial charge in [-0.1, -0.05) is 0 Å². The Hall–Kier alpha value is -2.80. The molecule has 0 aliphatic heterocycles. The van der Waals surface area contributed by atoms with E-state index >= 15 is 0 Å². The summed E-state index contributed by atoms with van der Waals surface area (Å²) >= 11 is 1.61. The molecule has 2 rings (SSSR count). The molecule has 2 N–H and O–H groups in total. The number of ketones is 1. The number of carbonyl (C=O) groups is 3. The van der Waals surface area contributed by atoms with E-state index in [1.54, 1.807) is 23.9 Å². The predicted molar refractivity (Wildman–Crippen MR) is 103 cm³/mol. The van der Waals surface area contributed by atoms with Crippen LogP contribution in [-0.4, -0.2) is 30.5 Å². The number of nitrogens with one attached hydrogen (secondary N) is 2. The Balaban J connectivity index is 2.05. The van der Waals surface area contributed by atoms with Gasteiger partial charge in [-0.15, -0.1) is 11.8 Å². The average Bonchev–Trinajstić information content (AvgIpc) is 2.61. The van der Waals surface area contributed by atoms with Gasteiger partial charge in [0.05, 0.1) is 5.69 Å². The van der Waals surface area contributed by atoms with Crippen molar-refractivity contribution in [2.75, 3.05) is 23.5 Å². The van der Waals surface area contributed by atoms with E-state index in [0.717, 1.165) is 4.90 Å². The minimum Gasteiger partial charge on any atom is -0.482 e. The van der Waals surface area contributed by atoms with Gasteiger partial charge in [-0.25, -0.2) is 0 Å². The molecule has 0 aromatic heterocycles. The summed E-state index contributed by atoms with van der Waals surface area (Å²) in [4.78, 5) is 36.0. The van der Waals surface area contributed by atoms with Crippen LogP contribution in [0.4, 0.5) is 11.4 Å². The number of hydrogen-bond donors (Lipinski definition) is 2. The Labute approximate surface area is 156 Å². The Morgan fingerprint density at radius 2 is 1.69 bits per heavy atom. The highest BCUT2D eigenvalue weighted by molar-refractivity contribution is 7.98. The first-order valence-corrected chi connectivity index (χ1v) is 9.11. The second kappa shape index (κ2) is 9.05. The molecule has 0 saturated heterocycles. The second-order valence-corrected chi connectivity index (χ2v) is 6.39. The van der Waals surface area contributed by atoms with Crippen LogP contribution < -0.4 is 15.4 Å². The van der Waals surface area contributed by atoms with Crippen LogP contribution in [0.2, 0.25) is 0 Å². The molecule has 0 aliphatic rings. The lowest BCUT2D eigenvalue weighted by molar-refractivity contribution is -0.118. The maximum absolute atomic E-state index is 12.1. The molecule has 2 aromatic carbocycles. The zero-order valence-electron chi connectivity index (χ0n) is 14.8. The van der Waals surface area contributed by atoms with Crippen LogP contribution in [0.25, 0.3) is 0 Å². The number of Topliss-reactive ketones (excluding diaryl/α,β-unsaturated/α-hetero) is 1. The number of thioether (sulfide) groups is 1. The van der Waals surface area contributed by atoms with Crippen molar-refractivity contribution in [3.05, 3.63) is 48.0 Å². The molecule has 0 bridgehead atoms. The number of amides is 2. The number of rotatable bonds is 7. The molecule has 0 heterocycles. The van der Waals surface area contributed by atoms with Gasteiger partial charge in [-0.05, 0) is 55.6 Å². The molecule has 7 heteroatoms. The summed E-state index contributed by atoms with van der Waals surface area (Å²) in [6, 6.07) is 12.1. The number of anilines is 2. The summed E-state index contributed by atoms with van der Waals surface area (Å²) in [5.74, 6) is -0.490. The van der Waals surface area contributed by atoms with E-state index in [4.69, 9.17) is 4.74 Å². The Morgan fingerprint density at radius 3 is 2.27 bits per heavy atom. The fourth-order valence-corrected chi connectivity index (χ4v) is 2.58. The van der Waals surface area contributed by atoms with Crippen molar-refractivity contribution < 1.29 is 19.1 Å². The van der Waals surface area contributed by atoms with Crippen molar-refractivity contribution in [1.82, 2.24) is 0 Å². The lowest BCUT2D eigenvalue weighted by atomic mass is 10.1. The van der Waals surface area contributed by atoms with Crippen LogP contribution >= 0.6 is 11.8 Å². The molecule has 0 saturated carbocycles. The van der Waals surface area contributed by atoms with Gasteiger partial charge in [0, 0.05) is 23.1 Å². The highest BCUT2D eigenvalue weighted by Crippen LogP contribution is 2.26. The third-order valence-corrected chi connectivity index (χ3v) is 4.17. The first-order chi connectivity index (χ1) is 12.4. The van der Waals surface area contributed by atoms with Crippen molar-refractivity contribution in [2.24, 2.45) is 0 Å². The maximum atomic E-state index is 12.1. The third kappa shape index (κ3) is 5.63. The number of ether oxygens (including phenoxy) is 1. The minimum absolute atomic E-state index is 0.137. The zero-order valence-corrected chi connectivity index (χ0v) is 15.6. The molecule has 0 atom stereocenters. The average molecular weight is 372 g/mol. The quantitative estimate of drug-likeness (QED) is 0.573. The number of carbonyl (C=O) groups excluding carboxylic acids is 3. The highest BCUT2D eigenvalue weighted by Gasteiger charge is 2.11. The van der Waals surface area contributed by atoms with Gasteiger partial charge >= 0.3 is 0 Å². The minimum atomic E-state index is -0.344. The monoisotopic (exact) mass is 372 g/mol. The smallest absolute Gasteiger partial charge is 0.262 e. The summed E-state index contributed by atoms with van der Waals surface area (Å²) in [7, 11) is 0. The lowest BCUT2D eigenvalue weighted by Crippen LogP contribution is -2.21. The van der Waals surface area contributed by atoms with Gasteiger partial charge in [0.25, 0.3) is 5.91 Å². The fourth-order valence-electron chi connectivity index (χ4n) is 2.17. The van der Waals surface area contributed by atoms with Crippen LogP contribution in [0.5, 0.6) is 5.75 Å². The molecule has 2 amide bonds. The van der Waals surface area contributed by atoms with Crippen molar-refractivity contribution in [1.29, 1.82) is 0 Å². The summed E-state index contributed by atoms with van der Waals surface area (Å²) in [5.41, 5.74) is 1.50. The van der Waals surface area contributed by atoms with Crippen molar-refractivity contribution in [3.8, 4) is 5.75 Å². The first-order valence-electron chi connectivity index (χ1n) is 7.88. The SMILES string of the molecule is CSc1ccc(NC(=O)COc2cc(C(C)=O)ccc2NC(C)=O)cc1. The molecule has 0 unspecified atom stereocenters. The van der Waals surface area contributed by atoms with Crippen LogP contribution in [-0.2, 0) is 9.59 Å². The molecule has 0 radical (unpaired) electrons. The molecule has 6 nitrogen and oxygen atoms in total. The number of benzene rings is 2. The maximum Gasteiger partial charge on any atom is 0.262 e. The van der Waals surface area contributed by atoms with Gasteiger partial charge in [0.15, 0.2) is 12.4 Å². The largest absolute Gasteiger partial charge is 0.482 e. The van der Waals surface area contributed by atoms with Crippen LogP contribution in [0.1, 0.15) is 24.2 Å². The summed E-state index contributed by atoms with van der Waals surface area (Å²) < 4.78 is 5.52. The van der Waals surface area contributed by atoms with E-state index < -0.39 is 0 Å². The Morgan fingerprint density at radius 1 is 1.00 bits per heavy atom. The fraction of sp³-hybridized carbons (Fsp3) is 0.211. The standard InChI is InChI=1S/C19H20N2O4S/c1-12(22)14-4-9-17(20-13(2)23)18(10-14)25-11-19(24)21-15-5-7-16(26-3)8-6-15/h4-10H,11H2,1-3H3,(H,20,23)(H,21,24). The molecule has 0 fully saturated rings. The second-order valence-electron chi connectivity index (χ2n) is 5.51. The van der Waals surface area contributed by atoms with Gasteiger partial charge in [-0.3, -0.25) is 14.4 Å². The molecular weight excluding hydrogens is 352 g/mol. The Kier molecular flexibility index (Phi) is 6.80. The molecule has 26 heavy (non-hydrogen) atoms. The first kappa shape index (κ1) is 19.5. The van der Waals surface area contributed by atoms with Crippen molar-refractivity contribution >= 4 is 40.7 Å². The number of hydrogen-bond acceptors (Lipinski definition) is 5. The molecule has 2 aromatic rings. The van der Waals surface area contributed by atoms with E-state index in [0.29, 0.717) is 16.9 Å². The topological polar surface area (TPSA) is 84.5 Å². The zero-order chi connectivity index (χ0) is 19.1. The predicted octanol–water partition coefficient (Wildman–Crippen LogP) is 3.59. The van der Waals surface area contributed by atoms with Gasteiger partial charge in [-0.2, -0.15) is 0 Å². The van der Waals surface area contributed by atoms with Crippen molar-refractivity contribution in [2.45, 2.75) is 18.7 Å². The van der Waals surface area contributed by atoms with E-state index in [9.17, 15) is 14.4 Å². The molecule has 0 aliphatic carbocycles. The van der Waals surface area contributed by atoms with Gasteiger partial charge in [0.1, 0.15) is 5.75 Å². The molecule has 0 spiro atoms. The van der Waals surface area contributed by atoms with Crippen LogP contribution in [0.3, 0.4) is 0 Å². The normalized spacial score (nSPS) is 10.1. The summed E-state index contributed by atoms with van der Waals surface area (Å²) in [6.45, 7) is 2.55. The third-order valence-electron chi connectivity index (χ3n) is 3.43.